The number of anilines is 4. The van der Waals surface area contributed by atoms with Crippen molar-refractivity contribution in [2.24, 2.45) is 5.92 Å². The van der Waals surface area contributed by atoms with Crippen LogP contribution in [0.15, 0.2) is 30.3 Å². The number of carbonyl (C=O) groups excluding carboxylic acids is 8. The molecule has 6 atom stereocenters. The van der Waals surface area contributed by atoms with Crippen molar-refractivity contribution in [3.63, 3.8) is 0 Å². The topological polar surface area (TPSA) is 531 Å². The fourth-order valence-electron chi connectivity index (χ4n) is 16.6. The molecule has 6 amide bonds. The van der Waals surface area contributed by atoms with E-state index < -0.39 is 65.5 Å². The number of ether oxygens (including phenoxy) is 9. The summed E-state index contributed by atoms with van der Waals surface area (Å²) in [5.74, 6) is -0.404. The van der Waals surface area contributed by atoms with Crippen LogP contribution in [0.5, 0.6) is 17.2 Å². The average Bonchev–Trinajstić information content (AvgIpc) is 1.55. The monoisotopic (exact) mass is 1940 g/mol. The Bertz CT molecular complexity index is 4330. The van der Waals surface area contributed by atoms with Crippen molar-refractivity contribution >= 4 is 124 Å². The fourth-order valence-corrected chi connectivity index (χ4v) is 21.1. The minimum Gasteiger partial charge on any atom is -0.489 e. The molecular formula is C87H136N13O26S5+. The highest BCUT2D eigenvalue weighted by Gasteiger charge is 2.44. The number of piperidine rings is 3. The summed E-state index contributed by atoms with van der Waals surface area (Å²) in [5.41, 5.74) is 5.20. The number of hydrogen-bond donors (Lipinski definition) is 10. The molecule has 10 rings (SSSR count). The smallest absolute Gasteiger partial charge is 0.315 e. The maximum absolute atomic E-state index is 14.4. The number of nitrogens with one attached hydrogen (secondary N) is 6. The highest BCUT2D eigenvalue weighted by molar-refractivity contribution is 8.00. The summed E-state index contributed by atoms with van der Waals surface area (Å²) in [7, 11) is -13.2. The van der Waals surface area contributed by atoms with Crippen LogP contribution in [-0.4, -0.2) is 315 Å². The van der Waals surface area contributed by atoms with Crippen molar-refractivity contribution in [2.45, 2.75) is 233 Å². The van der Waals surface area contributed by atoms with Gasteiger partial charge in [0.25, 0.3) is 36.3 Å². The Hall–Kier alpha value is -7.44. The Morgan fingerprint density at radius 3 is 1.18 bits per heavy atom. The second-order valence-electron chi connectivity index (χ2n) is 34.4. The van der Waals surface area contributed by atoms with Gasteiger partial charge >= 0.3 is 12.1 Å². The van der Waals surface area contributed by atoms with Gasteiger partial charge in [-0.25, -0.2) is 9.59 Å². The lowest BCUT2D eigenvalue weighted by molar-refractivity contribution is -0.423. The Labute approximate surface area is 777 Å². The number of rotatable bonds is 66. The molecule has 0 radical (unpaired) electrons. The van der Waals surface area contributed by atoms with Gasteiger partial charge in [0.2, 0.25) is 29.5 Å². The molecule has 7 fully saturated rings. The second kappa shape index (κ2) is 55.6. The Kier molecular flexibility index (Phi) is 44.8. The minimum atomic E-state index is -4.39. The zero-order chi connectivity index (χ0) is 93.4. The summed E-state index contributed by atoms with van der Waals surface area (Å²) in [6.45, 7) is 7.01. The molecule has 12 N–H and O–H groups in total. The van der Waals surface area contributed by atoms with Crippen LogP contribution in [0.3, 0.4) is 0 Å². The van der Waals surface area contributed by atoms with E-state index in [9.17, 15) is 77.3 Å². The van der Waals surface area contributed by atoms with Gasteiger partial charge in [0.05, 0.1) is 120 Å². The first kappa shape index (κ1) is 106. The molecule has 1 aromatic heterocycles. The van der Waals surface area contributed by atoms with Crippen LogP contribution in [0.25, 0.3) is 0 Å². The van der Waals surface area contributed by atoms with Gasteiger partial charge < -0.3 is 95.0 Å². The SMILES string of the molecule is [NH3+]C1CCN(c2nc(N3CCC(NC(=O)c4cc(OCCCS(=O)(=O)O)c(OCCCS(=O)(=O)O)c(OCCCS(=O)(=O)O)c4)CC3)nc(N3CCC(C(=O)Nc4cc(C(=O)CCCCOCCOCCOCCCCC(=O)CCCCC5SCC6NC(=O)NC65)cc(C(=O)CCCCOCCOCCOCCCCC(=O)CCCCC5SCC6NC(=O)NC65)c4)CC3)n2)CC1. The van der Waals surface area contributed by atoms with Crippen molar-refractivity contribution < 1.29 is 126 Å². The molecule has 6 unspecified atom stereocenters. The van der Waals surface area contributed by atoms with Crippen LogP contribution < -0.4 is 66.5 Å². The first-order chi connectivity index (χ1) is 63.0. The third kappa shape index (κ3) is 38.7. The number of amides is 6. The van der Waals surface area contributed by atoms with E-state index in [2.05, 4.69) is 42.5 Å². The lowest BCUT2D eigenvalue weighted by Gasteiger charge is -2.35. The predicted octanol–water partition coefficient (Wildman–Crippen LogP) is 7.04. The van der Waals surface area contributed by atoms with E-state index in [-0.39, 0.29) is 146 Å². The highest BCUT2D eigenvalue weighted by atomic mass is 32.2. The van der Waals surface area contributed by atoms with Crippen LogP contribution in [0.4, 0.5) is 33.1 Å². The number of nitrogens with zero attached hydrogens (tertiary/aromatic N) is 6. The van der Waals surface area contributed by atoms with Gasteiger partial charge in [-0.15, -0.1) is 0 Å². The Morgan fingerprint density at radius 1 is 0.420 bits per heavy atom. The lowest BCUT2D eigenvalue weighted by atomic mass is 9.95. The lowest BCUT2D eigenvalue weighted by Crippen LogP contribution is -2.64. The molecule has 0 bridgehead atoms. The zero-order valence-corrected chi connectivity index (χ0v) is 79.2. The van der Waals surface area contributed by atoms with Crippen molar-refractivity contribution in [3.8, 4) is 17.2 Å². The van der Waals surface area contributed by atoms with E-state index in [0.717, 1.165) is 88.6 Å². The standard InChI is InChI=1S/C87H135N13O26S5/c88-65-26-32-99(33-27-65)84-95-83(96-85(97-84)100-34-28-66(29-35-100)89-82(106)64-57-74(124-40-13-51-129(109,110)111)80(126-42-15-53-131(115,116)117)75(58-64)125-41-14-52-130(112,113)114)98-30-24-61(25-31-98)81(105)90-67-55-62(72(103)20-7-11-38-120-45-49-122-47-43-118-36-9-5-18-68(101)16-1-3-22-76-78-70(59-127-76)91-86(107)93-78)54-63(56-67)73(104)21-8-12-39-121-46-50-123-48-44-119-37-10-6-19-69(102)17-2-4-23-77-79-71(60-128-77)92-87(108)94-79/h54-58,61,65-66,70-71,76-79H,1-53,59-60,88H2,(H,89,106)(H,90,105)(H2,91,93,107)(H2,92,94,108)(H,109,110,111)(H,112,113,114)(H,115,116,117)/p+1. The van der Waals surface area contributed by atoms with Crippen LogP contribution in [0.1, 0.15) is 217 Å². The number of unbranched alkanes of at least 4 members (excludes halogenated alkanes) is 6. The predicted molar refractivity (Wildman–Crippen MR) is 494 cm³/mol. The third-order valence-electron chi connectivity index (χ3n) is 23.9. The first-order valence-corrected chi connectivity index (χ1v) is 53.4. The largest absolute Gasteiger partial charge is 0.489 e. The van der Waals surface area contributed by atoms with Crippen LogP contribution in [0.2, 0.25) is 0 Å². The number of hydrogen-bond acceptors (Lipinski definition) is 31. The van der Waals surface area contributed by atoms with E-state index in [1.165, 1.54) is 12.1 Å². The maximum Gasteiger partial charge on any atom is 0.315 e. The number of aromatic nitrogens is 3. The summed E-state index contributed by atoms with van der Waals surface area (Å²) in [5, 5.41) is 18.9. The Balaban J connectivity index is 0.670. The number of carbonyl (C=O) groups is 8. The van der Waals surface area contributed by atoms with Crippen molar-refractivity contribution in [2.75, 3.05) is 187 Å². The molecule has 0 aliphatic carbocycles. The van der Waals surface area contributed by atoms with Crippen LogP contribution >= 0.6 is 23.5 Å². The summed E-state index contributed by atoms with van der Waals surface area (Å²) in [6, 6.07) is 7.95. The summed E-state index contributed by atoms with van der Waals surface area (Å²) >= 11 is 3.78. The molecule has 7 aliphatic rings. The molecule has 8 heterocycles. The fraction of sp³-hybridized carbons (Fsp3) is 0.736. The van der Waals surface area contributed by atoms with E-state index in [4.69, 9.17) is 57.6 Å². The van der Waals surface area contributed by atoms with E-state index >= 15 is 0 Å². The number of ketones is 4. The number of thioether (sulfide) groups is 2. The second-order valence-corrected chi connectivity index (χ2v) is 41.6. The minimum absolute atomic E-state index is 0.0149. The van der Waals surface area contributed by atoms with E-state index in [0.29, 0.717) is 241 Å². The van der Waals surface area contributed by atoms with E-state index in [1.807, 2.05) is 33.3 Å². The molecule has 7 aliphatic heterocycles. The van der Waals surface area contributed by atoms with Gasteiger partial charge in [0, 0.05) is 173 Å². The van der Waals surface area contributed by atoms with E-state index in [1.54, 1.807) is 18.2 Å². The van der Waals surface area contributed by atoms with Crippen molar-refractivity contribution in [1.29, 1.82) is 0 Å². The van der Waals surface area contributed by atoms with Gasteiger partial charge in [-0.2, -0.15) is 63.7 Å². The van der Waals surface area contributed by atoms with Crippen molar-refractivity contribution in [1.82, 2.24) is 41.5 Å². The number of fused-ring (bicyclic) bond motifs is 2. The summed E-state index contributed by atoms with van der Waals surface area (Å²) in [6.07, 6.45) is 16.3. The van der Waals surface area contributed by atoms with Crippen molar-refractivity contribution in [3.05, 3.63) is 47.0 Å². The molecule has 131 heavy (non-hydrogen) atoms. The number of benzene rings is 2. The zero-order valence-electron chi connectivity index (χ0n) is 75.1. The highest BCUT2D eigenvalue weighted by Crippen LogP contribution is 2.41. The molecule has 39 nitrogen and oxygen atoms in total. The number of Topliss-reactive ketones (excluding diaryl/α,β-unsaturated/α-hetero) is 4. The quantitative estimate of drug-likeness (QED) is 0.0117. The van der Waals surface area contributed by atoms with Gasteiger partial charge in [-0.3, -0.25) is 42.4 Å². The number of quaternary nitrogens is 1. The van der Waals surface area contributed by atoms with Gasteiger partial charge in [0.1, 0.15) is 11.6 Å². The molecule has 734 valence electrons. The first-order valence-electron chi connectivity index (χ1n) is 46.5. The molecular weight excluding hydrogens is 1800 g/mol. The molecule has 2 aromatic carbocycles. The van der Waals surface area contributed by atoms with Gasteiger partial charge in [-0.1, -0.05) is 12.8 Å². The van der Waals surface area contributed by atoms with Gasteiger partial charge in [-0.05, 0) is 152 Å². The molecule has 44 heteroatoms. The summed E-state index contributed by atoms with van der Waals surface area (Å²) in [4.78, 5) is 126. The molecule has 0 saturated carbocycles. The molecule has 3 aromatic rings. The van der Waals surface area contributed by atoms with Crippen LogP contribution in [-0.2, 0) is 73.2 Å². The average molecular weight is 1940 g/mol. The molecule has 0 spiro atoms. The maximum atomic E-state index is 14.4. The van der Waals surface area contributed by atoms with Gasteiger partial charge in [0.15, 0.2) is 23.1 Å². The third-order valence-corrected chi connectivity index (χ3v) is 29.3. The Morgan fingerprint density at radius 2 is 0.779 bits per heavy atom. The molecule has 7 saturated heterocycles. The van der Waals surface area contributed by atoms with Crippen LogP contribution in [0, 0.1) is 5.92 Å². The number of urea groups is 2. The summed E-state index contributed by atoms with van der Waals surface area (Å²) < 4.78 is 149. The normalized spacial score (nSPS) is 19.7.